The fourth-order valence-corrected chi connectivity index (χ4v) is 10.8. The second-order valence-corrected chi connectivity index (χ2v) is 15.8. The first-order valence-corrected chi connectivity index (χ1v) is 19.5. The Kier molecular flexibility index (Phi) is 6.09. The van der Waals surface area contributed by atoms with Crippen LogP contribution in [-0.4, -0.2) is 14.5 Å². The molecule has 0 amide bonds. The van der Waals surface area contributed by atoms with Crippen LogP contribution in [0.25, 0.3) is 112 Å². The van der Waals surface area contributed by atoms with E-state index < -0.39 is 0 Å². The van der Waals surface area contributed by atoms with E-state index in [1.165, 1.54) is 73.0 Å². The average Bonchev–Trinajstić information content (AvgIpc) is 3.89. The minimum atomic E-state index is 0.831. The first kappa shape index (κ1) is 29.2. The van der Waals surface area contributed by atoms with Crippen LogP contribution in [0.5, 0.6) is 0 Å². The number of nitrogens with zero attached hydrogens (tertiary/aromatic N) is 3. The maximum Gasteiger partial charge on any atom is 0.165 e. The molecule has 5 heteroatoms. The van der Waals surface area contributed by atoms with E-state index in [9.17, 15) is 0 Å². The number of para-hydroxylation sites is 3. The summed E-state index contributed by atoms with van der Waals surface area (Å²) in [5, 5.41) is 10.2. The molecule has 0 fully saturated rings. The molecule has 12 aromatic rings. The molecule has 12 rings (SSSR count). The van der Waals surface area contributed by atoms with Crippen molar-refractivity contribution in [3.05, 3.63) is 164 Å². The van der Waals surface area contributed by atoms with Crippen molar-refractivity contribution in [3.8, 4) is 28.2 Å². The van der Waals surface area contributed by atoms with Crippen molar-refractivity contribution >= 4 is 107 Å². The number of hydrogen-bond acceptors (Lipinski definition) is 4. The fourth-order valence-electron chi connectivity index (χ4n) is 8.34. The van der Waals surface area contributed by atoms with Gasteiger partial charge in [-0.2, -0.15) is 0 Å². The van der Waals surface area contributed by atoms with E-state index in [0.717, 1.165) is 39.1 Å². The molecule has 0 saturated heterocycles. The van der Waals surface area contributed by atoms with Gasteiger partial charge in [0.2, 0.25) is 0 Å². The molecule has 246 valence electrons. The third-order valence-electron chi connectivity index (χ3n) is 10.8. The van der Waals surface area contributed by atoms with Gasteiger partial charge in [-0.1, -0.05) is 121 Å². The zero-order valence-electron chi connectivity index (χ0n) is 28.2. The zero-order chi connectivity index (χ0) is 34.6. The van der Waals surface area contributed by atoms with Crippen LogP contribution in [0.15, 0.2) is 164 Å². The van der Waals surface area contributed by atoms with Gasteiger partial charge in [-0.25, -0.2) is 9.97 Å². The Morgan fingerprint density at radius 3 is 2.04 bits per heavy atom. The van der Waals surface area contributed by atoms with Crippen molar-refractivity contribution in [1.82, 2.24) is 14.5 Å². The van der Waals surface area contributed by atoms with Gasteiger partial charge in [0.25, 0.3) is 0 Å². The summed E-state index contributed by atoms with van der Waals surface area (Å²) in [6.07, 6.45) is 0. The minimum absolute atomic E-state index is 0.831. The Bertz CT molecular complexity index is 3480. The number of rotatable bonds is 3. The smallest absolute Gasteiger partial charge is 0.165 e. The van der Waals surface area contributed by atoms with Gasteiger partial charge in [-0.15, -0.1) is 22.7 Å². The summed E-state index contributed by atoms with van der Waals surface area (Å²) in [4.78, 5) is 10.8. The molecule has 0 atom stereocenters. The van der Waals surface area contributed by atoms with E-state index in [1.807, 2.05) is 34.8 Å². The maximum atomic E-state index is 5.44. The summed E-state index contributed by atoms with van der Waals surface area (Å²) in [6, 6.07) is 59.2. The Morgan fingerprint density at radius 1 is 0.396 bits per heavy atom. The molecule has 0 bridgehead atoms. The van der Waals surface area contributed by atoms with Crippen molar-refractivity contribution in [2.75, 3.05) is 0 Å². The van der Waals surface area contributed by atoms with Crippen LogP contribution in [0.1, 0.15) is 0 Å². The second kappa shape index (κ2) is 11.1. The molecule has 0 saturated carbocycles. The first-order valence-electron chi connectivity index (χ1n) is 17.8. The topological polar surface area (TPSA) is 30.7 Å². The summed E-state index contributed by atoms with van der Waals surface area (Å²) in [6.45, 7) is 0. The Balaban J connectivity index is 1.13. The van der Waals surface area contributed by atoms with Crippen LogP contribution in [-0.2, 0) is 0 Å². The number of fused-ring (bicyclic) bond motifs is 12. The van der Waals surface area contributed by atoms with Crippen LogP contribution < -0.4 is 0 Å². The minimum Gasteiger partial charge on any atom is -0.292 e. The average molecular weight is 710 g/mol. The molecule has 0 aliphatic rings. The van der Waals surface area contributed by atoms with Crippen molar-refractivity contribution in [1.29, 1.82) is 0 Å². The van der Waals surface area contributed by atoms with Crippen LogP contribution in [0.2, 0.25) is 0 Å². The van der Waals surface area contributed by atoms with Gasteiger partial charge in [0.1, 0.15) is 5.69 Å². The third-order valence-corrected chi connectivity index (χ3v) is 13.2. The van der Waals surface area contributed by atoms with E-state index in [4.69, 9.17) is 9.97 Å². The van der Waals surface area contributed by atoms with Gasteiger partial charge in [0, 0.05) is 56.7 Å². The monoisotopic (exact) mass is 709 g/mol. The van der Waals surface area contributed by atoms with Gasteiger partial charge in [0.05, 0.1) is 22.1 Å². The first-order chi connectivity index (χ1) is 26.3. The van der Waals surface area contributed by atoms with Gasteiger partial charge < -0.3 is 0 Å². The molecule has 53 heavy (non-hydrogen) atoms. The predicted molar refractivity (Wildman–Crippen MR) is 228 cm³/mol. The maximum absolute atomic E-state index is 5.44. The van der Waals surface area contributed by atoms with Crippen LogP contribution in [0, 0.1) is 0 Å². The third kappa shape index (κ3) is 4.26. The molecule has 0 unspecified atom stereocenters. The molecule has 4 aromatic heterocycles. The van der Waals surface area contributed by atoms with Crippen molar-refractivity contribution < 1.29 is 0 Å². The highest BCUT2D eigenvalue weighted by atomic mass is 32.1. The zero-order valence-corrected chi connectivity index (χ0v) is 29.9. The van der Waals surface area contributed by atoms with Gasteiger partial charge in [-0.05, 0) is 64.4 Å². The summed E-state index contributed by atoms with van der Waals surface area (Å²) >= 11 is 3.75. The van der Waals surface area contributed by atoms with Crippen molar-refractivity contribution in [3.63, 3.8) is 0 Å². The van der Waals surface area contributed by atoms with Gasteiger partial charge in [0.15, 0.2) is 5.82 Å². The summed E-state index contributed by atoms with van der Waals surface area (Å²) in [5.74, 6) is 0.831. The highest BCUT2D eigenvalue weighted by molar-refractivity contribution is 7.27. The number of aromatic nitrogens is 3. The molecule has 0 radical (unpaired) electrons. The molecule has 0 aliphatic heterocycles. The normalized spacial score (nSPS) is 12.2. The molecular formula is C48H27N3S2. The Morgan fingerprint density at radius 2 is 1.11 bits per heavy atom. The van der Waals surface area contributed by atoms with E-state index in [0.29, 0.717) is 0 Å². The van der Waals surface area contributed by atoms with Crippen LogP contribution >= 0.6 is 22.7 Å². The molecular weight excluding hydrogens is 683 g/mol. The molecule has 0 spiro atoms. The fraction of sp³-hybridized carbons (Fsp3) is 0. The number of hydrogen-bond donors (Lipinski definition) is 0. The lowest BCUT2D eigenvalue weighted by atomic mass is 9.99. The molecule has 0 aliphatic carbocycles. The highest BCUT2D eigenvalue weighted by Gasteiger charge is 2.21. The number of thiophene rings is 2. The SMILES string of the molecule is c1cc(-c2nc3ccccc3nc2-n2c3ccccc3c3cc4sc5ccccc5c4cc32)cc(-c2cccc3c2sc2c4ccccc4ccc32)c1. The summed E-state index contributed by atoms with van der Waals surface area (Å²) in [5.41, 5.74) is 8.29. The Labute approximate surface area is 311 Å². The van der Waals surface area contributed by atoms with E-state index in [1.54, 1.807) is 0 Å². The Hall–Kier alpha value is -6.40. The second-order valence-electron chi connectivity index (χ2n) is 13.7. The van der Waals surface area contributed by atoms with Crippen LogP contribution in [0.3, 0.4) is 0 Å². The predicted octanol–water partition coefficient (Wildman–Crippen LogP) is 13.9. The van der Waals surface area contributed by atoms with Crippen molar-refractivity contribution in [2.45, 2.75) is 0 Å². The lowest BCUT2D eigenvalue weighted by Crippen LogP contribution is -2.03. The van der Waals surface area contributed by atoms with Gasteiger partial charge in [-0.3, -0.25) is 4.57 Å². The highest BCUT2D eigenvalue weighted by Crippen LogP contribution is 2.45. The largest absolute Gasteiger partial charge is 0.292 e. The molecule has 4 heterocycles. The van der Waals surface area contributed by atoms with E-state index in [-0.39, 0.29) is 0 Å². The van der Waals surface area contributed by atoms with Crippen LogP contribution in [0.4, 0.5) is 0 Å². The standard InChI is InChI=1S/C48H27N3S2/c1-2-14-31-28(11-1)23-24-36-35-18-10-17-32(47(35)53-46(31)36)29-12-9-13-30(25-29)45-48(50-40-20-6-5-19-39(40)49-45)51-41-21-7-3-15-33(41)37-27-44-38(26-42(37)51)34-16-4-8-22-43(34)52-44/h1-27H. The number of benzene rings is 8. The molecule has 3 nitrogen and oxygen atoms in total. The van der Waals surface area contributed by atoms with Gasteiger partial charge >= 0.3 is 0 Å². The van der Waals surface area contributed by atoms with E-state index in [2.05, 4.69) is 156 Å². The molecule has 0 N–H and O–H groups in total. The lowest BCUT2D eigenvalue weighted by Gasteiger charge is -2.14. The van der Waals surface area contributed by atoms with E-state index >= 15 is 0 Å². The van der Waals surface area contributed by atoms with Crippen molar-refractivity contribution in [2.24, 2.45) is 0 Å². The summed E-state index contributed by atoms with van der Waals surface area (Å²) < 4.78 is 7.58. The lowest BCUT2D eigenvalue weighted by molar-refractivity contribution is 1.08. The quantitative estimate of drug-likeness (QED) is 0.183. The summed E-state index contributed by atoms with van der Waals surface area (Å²) in [7, 11) is 0. The molecule has 8 aromatic carbocycles.